The third-order valence-electron chi connectivity index (χ3n) is 5.27. The van der Waals surface area contributed by atoms with Crippen molar-refractivity contribution >= 4 is 34.0 Å². The molecule has 5 heteroatoms. The van der Waals surface area contributed by atoms with E-state index in [2.05, 4.69) is 18.2 Å². The molecule has 0 amide bonds. The van der Waals surface area contributed by atoms with Crippen LogP contribution in [-0.4, -0.2) is 22.3 Å². The van der Waals surface area contributed by atoms with E-state index in [4.69, 9.17) is 9.72 Å². The molecule has 0 aliphatic heterocycles. The van der Waals surface area contributed by atoms with Crippen molar-refractivity contribution in [3.05, 3.63) is 108 Å². The van der Waals surface area contributed by atoms with E-state index in [9.17, 15) is 4.79 Å². The molecule has 3 aromatic carbocycles. The topological polar surface area (TPSA) is 43.6 Å². The minimum absolute atomic E-state index is 0.0546. The molecular weight excluding hydrogens is 404 g/mol. The maximum Gasteiger partial charge on any atom is 0.212 e. The number of rotatable bonds is 6. The van der Waals surface area contributed by atoms with Gasteiger partial charge in [0.25, 0.3) is 0 Å². The number of carbonyl (C=O) groups excluding carboxylic acids is 1. The highest BCUT2D eigenvalue weighted by molar-refractivity contribution is 7.98. The van der Waals surface area contributed by atoms with Crippen molar-refractivity contribution in [3.63, 3.8) is 0 Å². The standard InChI is InChI=1S/C26H20N2O2S/c1-30-21-13-11-20(12-14-21)24(29)23-26(31-17-18-7-3-2-4-8-18)27-25-22-10-6-5-9-19(22)15-16-28(23)25/h2-16H,17H2,1H3. The first kappa shape index (κ1) is 19.4. The van der Waals surface area contributed by atoms with Crippen LogP contribution in [0.15, 0.2) is 96.2 Å². The molecule has 0 bridgehead atoms. The van der Waals surface area contributed by atoms with Crippen LogP contribution in [0.1, 0.15) is 21.6 Å². The number of aromatic nitrogens is 2. The number of fused-ring (bicyclic) bond motifs is 3. The number of hydrogen-bond donors (Lipinski definition) is 0. The van der Waals surface area contributed by atoms with E-state index in [0.29, 0.717) is 11.3 Å². The van der Waals surface area contributed by atoms with Gasteiger partial charge in [-0.05, 0) is 41.3 Å². The van der Waals surface area contributed by atoms with E-state index in [1.54, 1.807) is 31.0 Å². The molecule has 0 unspecified atom stereocenters. The molecule has 0 radical (unpaired) electrons. The second-order valence-corrected chi connectivity index (χ2v) is 8.16. The summed E-state index contributed by atoms with van der Waals surface area (Å²) in [6.45, 7) is 0. The molecule has 0 aliphatic rings. The fourth-order valence-corrected chi connectivity index (χ4v) is 4.63. The van der Waals surface area contributed by atoms with Gasteiger partial charge in [0.1, 0.15) is 22.1 Å². The summed E-state index contributed by atoms with van der Waals surface area (Å²) >= 11 is 1.59. The minimum Gasteiger partial charge on any atom is -0.497 e. The van der Waals surface area contributed by atoms with Gasteiger partial charge in [-0.25, -0.2) is 4.98 Å². The summed E-state index contributed by atoms with van der Waals surface area (Å²) < 4.78 is 7.16. The Kier molecular flexibility index (Phi) is 5.18. The first-order valence-electron chi connectivity index (χ1n) is 10.00. The van der Waals surface area contributed by atoms with Gasteiger partial charge in [-0.2, -0.15) is 0 Å². The summed E-state index contributed by atoms with van der Waals surface area (Å²) in [6.07, 6.45) is 1.94. The van der Waals surface area contributed by atoms with Crippen LogP contribution >= 0.6 is 11.8 Å². The lowest BCUT2D eigenvalue weighted by atomic mass is 10.1. The number of carbonyl (C=O) groups is 1. The van der Waals surface area contributed by atoms with Gasteiger partial charge >= 0.3 is 0 Å². The fraction of sp³-hybridized carbons (Fsp3) is 0.0769. The van der Waals surface area contributed by atoms with Crippen LogP contribution in [0.25, 0.3) is 16.4 Å². The van der Waals surface area contributed by atoms with Gasteiger partial charge in [-0.3, -0.25) is 9.20 Å². The number of imidazole rings is 1. The number of benzene rings is 3. The summed E-state index contributed by atoms with van der Waals surface area (Å²) in [4.78, 5) is 18.5. The normalized spacial score (nSPS) is 11.1. The van der Waals surface area contributed by atoms with Gasteiger partial charge in [0, 0.05) is 22.9 Å². The highest BCUT2D eigenvalue weighted by Gasteiger charge is 2.22. The first-order valence-corrected chi connectivity index (χ1v) is 11.0. The highest BCUT2D eigenvalue weighted by Crippen LogP contribution is 2.31. The van der Waals surface area contributed by atoms with Gasteiger partial charge in [0.2, 0.25) is 5.78 Å². The monoisotopic (exact) mass is 424 g/mol. The number of ether oxygens (including phenoxy) is 1. The van der Waals surface area contributed by atoms with Crippen molar-refractivity contribution in [2.45, 2.75) is 10.8 Å². The predicted molar refractivity (Wildman–Crippen MR) is 125 cm³/mol. The number of methoxy groups -OCH3 is 1. The largest absolute Gasteiger partial charge is 0.497 e. The maximum atomic E-state index is 13.6. The molecule has 5 rings (SSSR count). The van der Waals surface area contributed by atoms with E-state index >= 15 is 0 Å². The Bertz CT molecular complexity index is 1380. The maximum absolute atomic E-state index is 13.6. The molecule has 0 aliphatic carbocycles. The van der Waals surface area contributed by atoms with Gasteiger partial charge < -0.3 is 4.74 Å². The summed E-state index contributed by atoms with van der Waals surface area (Å²) in [5, 5.41) is 2.87. The van der Waals surface area contributed by atoms with Gasteiger partial charge in [0.15, 0.2) is 0 Å². The zero-order valence-electron chi connectivity index (χ0n) is 17.0. The average molecular weight is 425 g/mol. The molecule has 2 heterocycles. The Morgan fingerprint density at radius 1 is 0.935 bits per heavy atom. The van der Waals surface area contributed by atoms with Crippen LogP contribution in [0.2, 0.25) is 0 Å². The number of ketones is 1. The lowest BCUT2D eigenvalue weighted by Gasteiger charge is -2.07. The van der Waals surface area contributed by atoms with Crippen molar-refractivity contribution in [2.75, 3.05) is 7.11 Å². The summed E-state index contributed by atoms with van der Waals surface area (Å²) in [5.41, 5.74) is 3.19. The molecule has 0 N–H and O–H groups in total. The predicted octanol–water partition coefficient (Wildman–Crippen LogP) is 6.02. The van der Waals surface area contributed by atoms with E-state index < -0.39 is 0 Å². The van der Waals surface area contributed by atoms with Gasteiger partial charge in [-0.15, -0.1) is 0 Å². The Morgan fingerprint density at radius 2 is 1.68 bits per heavy atom. The number of nitrogens with zero attached hydrogens (tertiary/aromatic N) is 2. The molecule has 4 nitrogen and oxygen atoms in total. The van der Waals surface area contributed by atoms with E-state index in [1.165, 1.54) is 5.56 Å². The zero-order valence-corrected chi connectivity index (χ0v) is 17.8. The van der Waals surface area contributed by atoms with Crippen molar-refractivity contribution in [1.82, 2.24) is 9.38 Å². The zero-order chi connectivity index (χ0) is 21.2. The Hall–Kier alpha value is -3.57. The molecule has 0 fully saturated rings. The number of hydrogen-bond acceptors (Lipinski definition) is 4. The van der Waals surface area contributed by atoms with Crippen molar-refractivity contribution in [3.8, 4) is 5.75 Å². The van der Waals surface area contributed by atoms with Gasteiger partial charge in [0.05, 0.1) is 7.11 Å². The minimum atomic E-state index is -0.0546. The summed E-state index contributed by atoms with van der Waals surface area (Å²) in [6, 6.07) is 27.6. The average Bonchev–Trinajstić information content (AvgIpc) is 3.22. The van der Waals surface area contributed by atoms with Crippen LogP contribution < -0.4 is 4.74 Å². The lowest BCUT2D eigenvalue weighted by Crippen LogP contribution is -2.07. The molecule has 0 saturated heterocycles. The Morgan fingerprint density at radius 3 is 2.45 bits per heavy atom. The first-order chi connectivity index (χ1) is 15.2. The quantitative estimate of drug-likeness (QED) is 0.247. The van der Waals surface area contributed by atoms with Crippen LogP contribution in [0, 0.1) is 0 Å². The third-order valence-corrected chi connectivity index (χ3v) is 6.31. The summed E-state index contributed by atoms with van der Waals surface area (Å²) in [5.74, 6) is 1.41. The highest BCUT2D eigenvalue weighted by atomic mass is 32.2. The molecule has 5 aromatic rings. The lowest BCUT2D eigenvalue weighted by molar-refractivity contribution is 0.103. The smallest absolute Gasteiger partial charge is 0.212 e. The van der Waals surface area contributed by atoms with Crippen LogP contribution in [0.4, 0.5) is 0 Å². The van der Waals surface area contributed by atoms with Crippen molar-refractivity contribution < 1.29 is 9.53 Å². The Balaban J connectivity index is 1.64. The molecule has 0 atom stereocenters. The Labute approximate surface area is 184 Å². The van der Waals surface area contributed by atoms with E-state index in [1.807, 2.05) is 65.2 Å². The second-order valence-electron chi connectivity index (χ2n) is 7.19. The SMILES string of the molecule is COc1ccc(C(=O)c2c(SCc3ccccc3)nc3c4ccccc4ccn23)cc1. The van der Waals surface area contributed by atoms with E-state index in [-0.39, 0.29) is 5.78 Å². The van der Waals surface area contributed by atoms with Gasteiger partial charge in [-0.1, -0.05) is 66.4 Å². The molecule has 152 valence electrons. The van der Waals surface area contributed by atoms with Crippen LogP contribution in [0.5, 0.6) is 5.75 Å². The summed E-state index contributed by atoms with van der Waals surface area (Å²) in [7, 11) is 1.62. The fourth-order valence-electron chi connectivity index (χ4n) is 3.66. The van der Waals surface area contributed by atoms with E-state index in [0.717, 1.165) is 32.9 Å². The number of pyridine rings is 1. The third kappa shape index (κ3) is 3.68. The second kappa shape index (κ2) is 8.28. The van der Waals surface area contributed by atoms with Crippen molar-refractivity contribution in [2.24, 2.45) is 0 Å². The molecule has 31 heavy (non-hydrogen) atoms. The molecule has 0 saturated carbocycles. The molecule has 0 spiro atoms. The van der Waals surface area contributed by atoms with Crippen molar-refractivity contribution in [1.29, 1.82) is 0 Å². The van der Waals surface area contributed by atoms with Crippen LogP contribution in [-0.2, 0) is 5.75 Å². The van der Waals surface area contributed by atoms with Crippen LogP contribution in [0.3, 0.4) is 0 Å². The number of thioether (sulfide) groups is 1. The molecule has 2 aromatic heterocycles. The molecular formula is C26H20N2O2S.